The fourth-order valence-electron chi connectivity index (χ4n) is 1.47. The van der Waals surface area contributed by atoms with Crippen LogP contribution < -0.4 is 0 Å². The van der Waals surface area contributed by atoms with Crippen molar-refractivity contribution < 1.29 is 18.0 Å². The van der Waals surface area contributed by atoms with Gasteiger partial charge in [0.15, 0.2) is 5.78 Å². The Bertz CT molecular complexity index is 590. The van der Waals surface area contributed by atoms with Crippen molar-refractivity contribution in [3.8, 4) is 0 Å². The second kappa shape index (κ2) is 5.05. The van der Waals surface area contributed by atoms with Crippen LogP contribution in [-0.4, -0.2) is 15.6 Å². The fourth-order valence-corrected chi connectivity index (χ4v) is 1.60. The van der Waals surface area contributed by atoms with Crippen molar-refractivity contribution in [1.82, 2.24) is 9.78 Å². The van der Waals surface area contributed by atoms with Gasteiger partial charge in [0.1, 0.15) is 6.54 Å². The van der Waals surface area contributed by atoms with Crippen molar-refractivity contribution in [2.45, 2.75) is 12.7 Å². The summed E-state index contributed by atoms with van der Waals surface area (Å²) in [5.74, 6) is -0.339. The molecule has 0 aliphatic heterocycles. The third-order valence-corrected chi connectivity index (χ3v) is 2.68. The summed E-state index contributed by atoms with van der Waals surface area (Å²) in [5, 5.41) is 4.00. The van der Waals surface area contributed by atoms with E-state index in [9.17, 15) is 18.0 Å². The van der Waals surface area contributed by atoms with Gasteiger partial charge in [-0.1, -0.05) is 11.6 Å². The number of carbonyl (C=O) groups is 1. The van der Waals surface area contributed by atoms with Gasteiger partial charge < -0.3 is 0 Å². The molecule has 1 aromatic carbocycles. The third kappa shape index (κ3) is 3.35. The Morgan fingerprint density at radius 2 is 1.89 bits per heavy atom. The van der Waals surface area contributed by atoms with E-state index in [1.54, 1.807) is 12.1 Å². The summed E-state index contributed by atoms with van der Waals surface area (Å²) in [4.78, 5) is 11.8. The van der Waals surface area contributed by atoms with Gasteiger partial charge in [-0.15, -0.1) is 0 Å². The molecule has 1 heterocycles. The van der Waals surface area contributed by atoms with E-state index in [-0.39, 0.29) is 12.3 Å². The number of nitrogens with zero attached hydrogens (tertiary/aromatic N) is 2. The standard InChI is InChI=1S/C12H8ClF3N2O/c13-10-3-1-8(2-4-10)11(19)7-18-6-9(5-17-18)12(14,15)16/h1-6H,7H2. The van der Waals surface area contributed by atoms with E-state index in [0.717, 1.165) is 10.9 Å². The minimum Gasteiger partial charge on any atom is -0.292 e. The molecule has 0 atom stereocenters. The van der Waals surface area contributed by atoms with Crippen LogP contribution in [0.4, 0.5) is 13.2 Å². The van der Waals surface area contributed by atoms with Crippen molar-refractivity contribution in [2.75, 3.05) is 0 Å². The largest absolute Gasteiger partial charge is 0.419 e. The summed E-state index contributed by atoms with van der Waals surface area (Å²) in [6, 6.07) is 6.11. The maximum Gasteiger partial charge on any atom is 0.419 e. The first-order valence-electron chi connectivity index (χ1n) is 5.24. The molecule has 7 heteroatoms. The molecule has 0 amide bonds. The highest BCUT2D eigenvalue weighted by atomic mass is 35.5. The van der Waals surface area contributed by atoms with Gasteiger partial charge in [-0.2, -0.15) is 18.3 Å². The molecule has 0 radical (unpaired) electrons. The zero-order valence-electron chi connectivity index (χ0n) is 9.49. The van der Waals surface area contributed by atoms with Gasteiger partial charge in [0.05, 0.1) is 11.8 Å². The van der Waals surface area contributed by atoms with Crippen LogP contribution in [0.1, 0.15) is 15.9 Å². The first-order valence-corrected chi connectivity index (χ1v) is 5.62. The Labute approximate surface area is 111 Å². The van der Waals surface area contributed by atoms with Gasteiger partial charge in [-0.25, -0.2) is 0 Å². The molecule has 0 unspecified atom stereocenters. The fraction of sp³-hybridized carbons (Fsp3) is 0.167. The zero-order valence-corrected chi connectivity index (χ0v) is 10.2. The number of rotatable bonds is 3. The second-order valence-corrected chi connectivity index (χ2v) is 4.29. The normalized spacial score (nSPS) is 11.6. The molecule has 0 N–H and O–H groups in total. The zero-order chi connectivity index (χ0) is 14.0. The Kier molecular flexibility index (Phi) is 3.61. The highest BCUT2D eigenvalue weighted by Gasteiger charge is 2.32. The number of halogens is 4. The van der Waals surface area contributed by atoms with Crippen LogP contribution in [0.15, 0.2) is 36.7 Å². The molecule has 0 saturated heterocycles. The lowest BCUT2D eigenvalue weighted by Gasteiger charge is -2.02. The molecule has 3 nitrogen and oxygen atoms in total. The first-order chi connectivity index (χ1) is 8.86. The number of hydrogen-bond acceptors (Lipinski definition) is 2. The second-order valence-electron chi connectivity index (χ2n) is 3.85. The predicted molar refractivity (Wildman–Crippen MR) is 63.0 cm³/mol. The summed E-state index contributed by atoms with van der Waals surface area (Å²) in [5.41, 5.74) is -0.509. The SMILES string of the molecule is O=C(Cn1cc(C(F)(F)F)cn1)c1ccc(Cl)cc1. The number of hydrogen-bond donors (Lipinski definition) is 0. The van der Waals surface area contributed by atoms with E-state index in [1.807, 2.05) is 0 Å². The average molecular weight is 289 g/mol. The molecule has 2 rings (SSSR count). The highest BCUT2D eigenvalue weighted by molar-refractivity contribution is 6.30. The Morgan fingerprint density at radius 1 is 1.26 bits per heavy atom. The molecule has 0 aliphatic rings. The van der Waals surface area contributed by atoms with E-state index in [2.05, 4.69) is 5.10 Å². The summed E-state index contributed by atoms with van der Waals surface area (Å²) in [7, 11) is 0. The number of aromatic nitrogens is 2. The van der Waals surface area contributed by atoms with E-state index in [0.29, 0.717) is 16.8 Å². The van der Waals surface area contributed by atoms with Gasteiger partial charge in [0.25, 0.3) is 0 Å². The lowest BCUT2D eigenvalue weighted by Crippen LogP contribution is -2.11. The maximum atomic E-state index is 12.4. The van der Waals surface area contributed by atoms with Gasteiger partial charge in [-0.05, 0) is 24.3 Å². The maximum absolute atomic E-state index is 12.4. The Hall–Kier alpha value is -1.82. The van der Waals surface area contributed by atoms with Crippen LogP contribution in [0.5, 0.6) is 0 Å². The molecule has 0 aliphatic carbocycles. The van der Waals surface area contributed by atoms with Crippen molar-refractivity contribution in [3.63, 3.8) is 0 Å². The average Bonchev–Trinajstić information content (AvgIpc) is 2.78. The number of ketones is 1. The van der Waals surface area contributed by atoms with Crippen LogP contribution in [0.25, 0.3) is 0 Å². The summed E-state index contributed by atoms with van der Waals surface area (Å²) < 4.78 is 38.0. The molecular weight excluding hydrogens is 281 g/mol. The summed E-state index contributed by atoms with van der Waals surface area (Å²) >= 11 is 5.68. The van der Waals surface area contributed by atoms with Gasteiger partial charge in [0.2, 0.25) is 0 Å². The van der Waals surface area contributed by atoms with Gasteiger partial charge in [0, 0.05) is 16.8 Å². The lowest BCUT2D eigenvalue weighted by molar-refractivity contribution is -0.137. The van der Waals surface area contributed by atoms with Crippen molar-refractivity contribution >= 4 is 17.4 Å². The molecule has 1 aromatic heterocycles. The van der Waals surface area contributed by atoms with Crippen molar-refractivity contribution in [2.24, 2.45) is 0 Å². The van der Waals surface area contributed by atoms with Crippen LogP contribution >= 0.6 is 11.6 Å². The molecule has 100 valence electrons. The quantitative estimate of drug-likeness (QED) is 0.811. The minimum absolute atomic E-state index is 0.252. The molecule has 19 heavy (non-hydrogen) atoms. The molecule has 0 spiro atoms. The number of alkyl halides is 3. The molecule has 0 fully saturated rings. The van der Waals surface area contributed by atoms with E-state index >= 15 is 0 Å². The van der Waals surface area contributed by atoms with Crippen LogP contribution in [0.2, 0.25) is 5.02 Å². The summed E-state index contributed by atoms with van der Waals surface area (Å²) in [6.45, 7) is -0.252. The lowest BCUT2D eigenvalue weighted by atomic mass is 10.1. The van der Waals surface area contributed by atoms with Crippen LogP contribution in [0.3, 0.4) is 0 Å². The molecule has 0 saturated carbocycles. The first kappa shape index (κ1) is 13.6. The van der Waals surface area contributed by atoms with Crippen LogP contribution in [0, 0.1) is 0 Å². The highest BCUT2D eigenvalue weighted by Crippen LogP contribution is 2.28. The van der Waals surface area contributed by atoms with E-state index in [1.165, 1.54) is 12.1 Å². The smallest absolute Gasteiger partial charge is 0.292 e. The molecule has 0 bridgehead atoms. The van der Waals surface area contributed by atoms with Crippen molar-refractivity contribution in [1.29, 1.82) is 0 Å². The Morgan fingerprint density at radius 3 is 2.42 bits per heavy atom. The number of Topliss-reactive ketones (excluding diaryl/α,β-unsaturated/α-hetero) is 1. The Balaban J connectivity index is 2.11. The monoisotopic (exact) mass is 288 g/mol. The third-order valence-electron chi connectivity index (χ3n) is 2.43. The molecule has 2 aromatic rings. The van der Waals surface area contributed by atoms with E-state index in [4.69, 9.17) is 11.6 Å². The number of carbonyl (C=O) groups excluding carboxylic acids is 1. The molecular formula is C12H8ClF3N2O. The number of benzene rings is 1. The van der Waals surface area contributed by atoms with Crippen LogP contribution in [-0.2, 0) is 12.7 Å². The van der Waals surface area contributed by atoms with E-state index < -0.39 is 11.7 Å². The van der Waals surface area contributed by atoms with Gasteiger partial charge in [-0.3, -0.25) is 9.48 Å². The van der Waals surface area contributed by atoms with Crippen molar-refractivity contribution in [3.05, 3.63) is 52.8 Å². The topological polar surface area (TPSA) is 34.9 Å². The minimum atomic E-state index is -4.46. The summed E-state index contributed by atoms with van der Waals surface area (Å²) in [6.07, 6.45) is -2.97. The predicted octanol–water partition coefficient (Wildman–Crippen LogP) is 3.44. The van der Waals surface area contributed by atoms with Gasteiger partial charge >= 0.3 is 6.18 Å².